The van der Waals surface area contributed by atoms with Gasteiger partial charge in [-0.3, -0.25) is 4.90 Å². The molecule has 2 fully saturated rings. The summed E-state index contributed by atoms with van der Waals surface area (Å²) in [6.45, 7) is 5.09. The molecule has 1 aliphatic carbocycles. The van der Waals surface area contributed by atoms with Crippen molar-refractivity contribution in [3.05, 3.63) is 83.4 Å². The zero-order valence-electron chi connectivity index (χ0n) is 19.2. The molecule has 0 bridgehead atoms. The Balaban J connectivity index is 1.21. The van der Waals surface area contributed by atoms with Crippen LogP contribution in [0.2, 0.25) is 0 Å². The standard InChI is InChI=1S/C29H36N2O/c1-21(28-11-5-7-24-6-2-3-10-29(24)28)30-26-9-4-8-25(18-26)23-14-12-22(13-15-23)19-31-17-16-27(32)20-31/h2-3,5-7,10-15,21,25-27,30,32H,4,8-9,16-20H2,1H3/t21-,25?,26?,27-/m1/s1. The summed E-state index contributed by atoms with van der Waals surface area (Å²) >= 11 is 0. The number of fused-ring (bicyclic) bond motifs is 1. The summed E-state index contributed by atoms with van der Waals surface area (Å²) in [6.07, 6.45) is 5.83. The molecule has 3 heteroatoms. The molecular formula is C29H36N2O. The van der Waals surface area contributed by atoms with Crippen molar-refractivity contribution in [2.24, 2.45) is 0 Å². The molecule has 3 aromatic carbocycles. The minimum Gasteiger partial charge on any atom is -0.392 e. The first kappa shape index (κ1) is 21.6. The highest BCUT2D eigenvalue weighted by molar-refractivity contribution is 5.86. The van der Waals surface area contributed by atoms with E-state index in [4.69, 9.17) is 0 Å². The molecule has 2 N–H and O–H groups in total. The highest BCUT2D eigenvalue weighted by atomic mass is 16.3. The van der Waals surface area contributed by atoms with Gasteiger partial charge in [0.25, 0.3) is 0 Å². The smallest absolute Gasteiger partial charge is 0.0679 e. The summed E-state index contributed by atoms with van der Waals surface area (Å²) in [5, 5.41) is 16.4. The van der Waals surface area contributed by atoms with Crippen molar-refractivity contribution >= 4 is 10.8 Å². The first-order valence-electron chi connectivity index (χ1n) is 12.4. The molecule has 3 nitrogen and oxygen atoms in total. The highest BCUT2D eigenvalue weighted by Crippen LogP contribution is 2.35. The second kappa shape index (κ2) is 9.74. The van der Waals surface area contributed by atoms with E-state index in [9.17, 15) is 5.11 Å². The van der Waals surface area contributed by atoms with Crippen LogP contribution in [0.25, 0.3) is 10.8 Å². The number of hydrogen-bond donors (Lipinski definition) is 2. The van der Waals surface area contributed by atoms with Gasteiger partial charge in [0.05, 0.1) is 6.10 Å². The Morgan fingerprint density at radius 1 is 0.969 bits per heavy atom. The molecule has 3 aromatic rings. The average molecular weight is 429 g/mol. The number of rotatable bonds is 6. The summed E-state index contributed by atoms with van der Waals surface area (Å²) in [6, 6.07) is 25.6. The fourth-order valence-corrected chi connectivity index (χ4v) is 5.82. The SMILES string of the molecule is C[C@@H](NC1CCCC(c2ccc(CN3CC[C@@H](O)C3)cc2)C1)c1cccc2ccccc12. The van der Waals surface area contributed by atoms with Gasteiger partial charge in [0.1, 0.15) is 0 Å². The molecular weight excluding hydrogens is 392 g/mol. The van der Waals surface area contributed by atoms with Crippen molar-refractivity contribution in [1.82, 2.24) is 10.2 Å². The van der Waals surface area contributed by atoms with E-state index in [0.717, 1.165) is 26.1 Å². The number of aliphatic hydroxyl groups excluding tert-OH is 1. The molecule has 1 aliphatic heterocycles. The summed E-state index contributed by atoms with van der Waals surface area (Å²) < 4.78 is 0. The quantitative estimate of drug-likeness (QED) is 0.522. The number of aliphatic hydroxyl groups is 1. The number of likely N-dealkylation sites (tertiary alicyclic amines) is 1. The third-order valence-corrected chi connectivity index (χ3v) is 7.55. The van der Waals surface area contributed by atoms with E-state index < -0.39 is 0 Å². The first-order valence-corrected chi connectivity index (χ1v) is 12.4. The van der Waals surface area contributed by atoms with Crippen LogP contribution in [-0.2, 0) is 6.54 Å². The van der Waals surface area contributed by atoms with Crippen LogP contribution in [0.15, 0.2) is 66.7 Å². The van der Waals surface area contributed by atoms with Crippen LogP contribution in [0.4, 0.5) is 0 Å². The molecule has 4 atom stereocenters. The Kier molecular flexibility index (Phi) is 6.59. The molecule has 1 heterocycles. The zero-order chi connectivity index (χ0) is 21.9. The monoisotopic (exact) mass is 428 g/mol. The van der Waals surface area contributed by atoms with Crippen LogP contribution < -0.4 is 5.32 Å². The predicted molar refractivity (Wildman–Crippen MR) is 133 cm³/mol. The van der Waals surface area contributed by atoms with E-state index >= 15 is 0 Å². The minimum atomic E-state index is -0.141. The fraction of sp³-hybridized carbons (Fsp3) is 0.448. The van der Waals surface area contributed by atoms with Gasteiger partial charge in [0.2, 0.25) is 0 Å². The lowest BCUT2D eigenvalue weighted by Crippen LogP contribution is -2.35. The van der Waals surface area contributed by atoms with Gasteiger partial charge in [-0.1, -0.05) is 73.2 Å². The molecule has 2 unspecified atom stereocenters. The van der Waals surface area contributed by atoms with Gasteiger partial charge in [-0.15, -0.1) is 0 Å². The second-order valence-corrected chi connectivity index (χ2v) is 9.94. The van der Waals surface area contributed by atoms with Gasteiger partial charge in [-0.05, 0) is 66.0 Å². The van der Waals surface area contributed by atoms with E-state index in [0.29, 0.717) is 18.0 Å². The fourth-order valence-electron chi connectivity index (χ4n) is 5.82. The topological polar surface area (TPSA) is 35.5 Å². The van der Waals surface area contributed by atoms with Crippen LogP contribution in [-0.4, -0.2) is 35.2 Å². The third-order valence-electron chi connectivity index (χ3n) is 7.55. The van der Waals surface area contributed by atoms with Crippen molar-refractivity contribution in [2.45, 2.75) is 69.7 Å². The predicted octanol–water partition coefficient (Wildman–Crippen LogP) is 5.78. The molecule has 0 aromatic heterocycles. The van der Waals surface area contributed by atoms with E-state index in [1.165, 1.54) is 53.1 Å². The lowest BCUT2D eigenvalue weighted by atomic mass is 9.80. The normalized spacial score (nSPS) is 25.2. The Labute approximate surface area is 192 Å². The average Bonchev–Trinajstić information content (AvgIpc) is 3.23. The molecule has 1 saturated carbocycles. The third kappa shape index (κ3) is 4.91. The maximum atomic E-state index is 9.76. The summed E-state index contributed by atoms with van der Waals surface area (Å²) in [7, 11) is 0. The van der Waals surface area contributed by atoms with Gasteiger partial charge in [-0.2, -0.15) is 0 Å². The lowest BCUT2D eigenvalue weighted by Gasteiger charge is -2.32. The van der Waals surface area contributed by atoms with Gasteiger partial charge >= 0.3 is 0 Å². The largest absolute Gasteiger partial charge is 0.392 e. The van der Waals surface area contributed by atoms with Crippen LogP contribution in [0.1, 0.15) is 67.7 Å². The summed E-state index contributed by atoms with van der Waals surface area (Å²) in [4.78, 5) is 2.36. The van der Waals surface area contributed by atoms with Gasteiger partial charge in [-0.25, -0.2) is 0 Å². The second-order valence-electron chi connectivity index (χ2n) is 9.94. The van der Waals surface area contributed by atoms with Crippen molar-refractivity contribution < 1.29 is 5.11 Å². The van der Waals surface area contributed by atoms with Crippen LogP contribution in [0.3, 0.4) is 0 Å². The molecule has 32 heavy (non-hydrogen) atoms. The van der Waals surface area contributed by atoms with E-state index in [-0.39, 0.29) is 6.10 Å². The van der Waals surface area contributed by atoms with Crippen molar-refractivity contribution in [2.75, 3.05) is 13.1 Å². The maximum absolute atomic E-state index is 9.76. The van der Waals surface area contributed by atoms with Gasteiger partial charge in [0, 0.05) is 31.7 Å². The van der Waals surface area contributed by atoms with Crippen molar-refractivity contribution in [1.29, 1.82) is 0 Å². The molecule has 0 spiro atoms. The molecule has 1 saturated heterocycles. The number of benzene rings is 3. The first-order chi connectivity index (χ1) is 15.7. The van der Waals surface area contributed by atoms with Crippen LogP contribution >= 0.6 is 0 Å². The number of nitrogens with one attached hydrogen (secondary N) is 1. The maximum Gasteiger partial charge on any atom is 0.0679 e. The van der Waals surface area contributed by atoms with Gasteiger partial charge < -0.3 is 10.4 Å². The minimum absolute atomic E-state index is 0.141. The number of hydrogen-bond acceptors (Lipinski definition) is 3. The Morgan fingerprint density at radius 2 is 1.78 bits per heavy atom. The molecule has 168 valence electrons. The summed E-state index contributed by atoms with van der Waals surface area (Å²) in [5.41, 5.74) is 4.25. The Morgan fingerprint density at radius 3 is 2.59 bits per heavy atom. The van der Waals surface area contributed by atoms with Gasteiger partial charge in [0.15, 0.2) is 0 Å². The molecule has 0 radical (unpaired) electrons. The number of β-amino-alcohol motifs (C(OH)–C–C–N with tert-alkyl or cyclic N) is 1. The highest BCUT2D eigenvalue weighted by Gasteiger charge is 2.25. The van der Waals surface area contributed by atoms with Crippen molar-refractivity contribution in [3.63, 3.8) is 0 Å². The van der Waals surface area contributed by atoms with Crippen LogP contribution in [0.5, 0.6) is 0 Å². The van der Waals surface area contributed by atoms with E-state index in [1.807, 2.05) is 0 Å². The van der Waals surface area contributed by atoms with E-state index in [1.54, 1.807) is 0 Å². The molecule has 0 amide bonds. The Bertz CT molecular complexity index is 1030. The summed E-state index contributed by atoms with van der Waals surface area (Å²) in [5.74, 6) is 0.642. The molecule has 5 rings (SSSR count). The Hall–Kier alpha value is -2.20. The van der Waals surface area contributed by atoms with E-state index in [2.05, 4.69) is 83.9 Å². The van der Waals surface area contributed by atoms with Crippen LogP contribution in [0, 0.1) is 0 Å². The lowest BCUT2D eigenvalue weighted by molar-refractivity contribution is 0.175. The zero-order valence-corrected chi connectivity index (χ0v) is 19.2. The molecule has 2 aliphatic rings. The number of nitrogens with zero attached hydrogens (tertiary/aromatic N) is 1. The van der Waals surface area contributed by atoms with Crippen molar-refractivity contribution in [3.8, 4) is 0 Å².